The quantitative estimate of drug-likeness (QED) is 0.0870. The Morgan fingerprint density at radius 1 is 1.11 bits per heavy atom. The number of fused-ring (bicyclic) bond motifs is 2. The van der Waals surface area contributed by atoms with Gasteiger partial charge in [0.05, 0.1) is 51.1 Å². The second kappa shape index (κ2) is 16.9. The SMILES string of the molecule is C[C@H]1[C@@H](OP(=O)(OCCC#N)OC[C@H]2O[C@@H](n3cnc4c(NC(=O)c5ccccc5)ncnc43)[C@H](F)[C@@H]2O[P+](=O)O)[C@H](n2cc(F)c3c(=O)[nH]cnc32)O[C@@H]1CO. The monoisotopic (exact) mass is 834 g/mol. The lowest BCUT2D eigenvalue weighted by molar-refractivity contribution is -0.0614. The van der Waals surface area contributed by atoms with Gasteiger partial charge in [0.1, 0.15) is 23.9 Å². The van der Waals surface area contributed by atoms with Gasteiger partial charge in [-0.3, -0.25) is 27.7 Å². The van der Waals surface area contributed by atoms with E-state index in [1.807, 2.05) is 6.07 Å². The first-order valence-corrected chi connectivity index (χ1v) is 19.6. The number of benzene rings is 1. The summed E-state index contributed by atoms with van der Waals surface area (Å²) in [5.74, 6) is -2.28. The molecule has 57 heavy (non-hydrogen) atoms. The van der Waals surface area contributed by atoms with Crippen molar-refractivity contribution in [2.24, 2.45) is 5.92 Å². The van der Waals surface area contributed by atoms with Crippen molar-refractivity contribution in [1.29, 1.82) is 5.26 Å². The van der Waals surface area contributed by atoms with Gasteiger partial charge in [0.25, 0.3) is 11.5 Å². The normalized spacial score (nSPS) is 26.1. The predicted octanol–water partition coefficient (Wildman–Crippen LogP) is 3.19. The molecule has 10 atom stereocenters. The van der Waals surface area contributed by atoms with Gasteiger partial charge in [-0.2, -0.15) is 5.26 Å². The molecule has 2 fully saturated rings. The summed E-state index contributed by atoms with van der Waals surface area (Å²) in [6.07, 6.45) is -7.05. The molecule has 2 unspecified atom stereocenters. The zero-order chi connectivity index (χ0) is 40.4. The van der Waals surface area contributed by atoms with Gasteiger partial charge in [-0.15, -0.1) is 9.42 Å². The number of aromatic amines is 1. The van der Waals surface area contributed by atoms with Crippen molar-refractivity contribution < 1.29 is 60.3 Å². The van der Waals surface area contributed by atoms with Gasteiger partial charge in [-0.25, -0.2) is 33.3 Å². The van der Waals surface area contributed by atoms with Crippen LogP contribution in [0.2, 0.25) is 0 Å². The molecule has 2 aliphatic rings. The lowest BCUT2D eigenvalue weighted by Crippen LogP contribution is -2.33. The molecule has 2 aliphatic heterocycles. The van der Waals surface area contributed by atoms with Gasteiger partial charge in [0.15, 0.2) is 53.2 Å². The summed E-state index contributed by atoms with van der Waals surface area (Å²) in [5.41, 5.74) is -0.590. The number of imidazole rings is 1. The Morgan fingerprint density at radius 2 is 1.88 bits per heavy atom. The number of phosphoric acid groups is 1. The minimum atomic E-state index is -4.87. The number of aliphatic hydroxyl groups excluding tert-OH is 1. The Kier molecular flexibility index (Phi) is 11.9. The molecular weight excluding hydrogens is 802 g/mol. The van der Waals surface area contributed by atoms with Crippen LogP contribution >= 0.6 is 16.1 Å². The second-order valence-electron chi connectivity index (χ2n) is 12.7. The van der Waals surface area contributed by atoms with E-state index in [1.54, 1.807) is 37.3 Å². The van der Waals surface area contributed by atoms with Crippen LogP contribution < -0.4 is 10.9 Å². The molecule has 4 aromatic heterocycles. The van der Waals surface area contributed by atoms with Crippen LogP contribution in [0.5, 0.6) is 0 Å². The summed E-state index contributed by atoms with van der Waals surface area (Å²) < 4.78 is 93.5. The molecule has 0 spiro atoms. The fourth-order valence-electron chi connectivity index (χ4n) is 6.47. The highest BCUT2D eigenvalue weighted by Gasteiger charge is 2.54. The number of nitrogens with one attached hydrogen (secondary N) is 2. The van der Waals surface area contributed by atoms with Crippen LogP contribution in [0, 0.1) is 23.1 Å². The number of alkyl halides is 1. The van der Waals surface area contributed by atoms with E-state index >= 15 is 4.39 Å². The fourth-order valence-corrected chi connectivity index (χ4v) is 8.37. The van der Waals surface area contributed by atoms with Crippen molar-refractivity contribution in [1.82, 2.24) is 34.1 Å². The molecule has 6 heterocycles. The maximum Gasteiger partial charge on any atom is 0.695 e. The number of nitriles is 1. The summed E-state index contributed by atoms with van der Waals surface area (Å²) in [7, 11) is -8.30. The maximum atomic E-state index is 16.2. The van der Waals surface area contributed by atoms with E-state index in [0.717, 1.165) is 34.3 Å². The van der Waals surface area contributed by atoms with Crippen molar-refractivity contribution in [2.75, 3.05) is 25.1 Å². The van der Waals surface area contributed by atoms with Crippen LogP contribution in [0.4, 0.5) is 14.6 Å². The largest absolute Gasteiger partial charge is 0.695 e. The van der Waals surface area contributed by atoms with E-state index in [9.17, 15) is 33.1 Å². The Bertz CT molecular complexity index is 2430. The second-order valence-corrected chi connectivity index (χ2v) is 15.0. The Morgan fingerprint density at radius 3 is 2.61 bits per heavy atom. The van der Waals surface area contributed by atoms with Crippen molar-refractivity contribution in [3.05, 3.63) is 77.2 Å². The zero-order valence-electron chi connectivity index (χ0n) is 29.4. The molecule has 0 aliphatic carbocycles. The molecule has 0 bridgehead atoms. The first-order valence-electron chi connectivity index (χ1n) is 17.0. The van der Waals surface area contributed by atoms with Crippen LogP contribution in [-0.4, -0.2) is 100 Å². The molecule has 0 saturated carbocycles. The van der Waals surface area contributed by atoms with E-state index in [4.69, 9.17) is 32.8 Å². The lowest BCUT2D eigenvalue weighted by atomic mass is 10.0. The Balaban J connectivity index is 1.15. The first kappa shape index (κ1) is 40.2. The van der Waals surface area contributed by atoms with E-state index in [1.165, 1.54) is 0 Å². The van der Waals surface area contributed by atoms with Gasteiger partial charge < -0.3 is 29.4 Å². The Hall–Kier alpha value is -4.98. The third kappa shape index (κ3) is 8.10. The van der Waals surface area contributed by atoms with Gasteiger partial charge in [0, 0.05) is 22.2 Å². The summed E-state index contributed by atoms with van der Waals surface area (Å²) >= 11 is 0. The van der Waals surface area contributed by atoms with Crippen LogP contribution in [0.15, 0.2) is 60.3 Å². The molecule has 1 amide bonds. The Labute approximate surface area is 320 Å². The van der Waals surface area contributed by atoms with Gasteiger partial charge in [-0.1, -0.05) is 25.1 Å². The first-order chi connectivity index (χ1) is 27.4. The minimum Gasteiger partial charge on any atom is -0.394 e. The van der Waals surface area contributed by atoms with Crippen molar-refractivity contribution in [3.8, 4) is 6.07 Å². The number of ether oxygens (including phenoxy) is 2. The summed E-state index contributed by atoms with van der Waals surface area (Å²) in [6, 6.07) is 10.0. The number of carbonyl (C=O) groups excluding carboxylic acids is 1. The number of hydrogen-bond donors (Lipinski definition) is 4. The van der Waals surface area contributed by atoms with Gasteiger partial charge in [0.2, 0.25) is 0 Å². The highest BCUT2D eigenvalue weighted by atomic mass is 31.2. The molecule has 7 rings (SSSR count). The van der Waals surface area contributed by atoms with E-state index in [0.29, 0.717) is 5.56 Å². The lowest BCUT2D eigenvalue weighted by Gasteiger charge is -2.27. The third-order valence-corrected chi connectivity index (χ3v) is 11.1. The summed E-state index contributed by atoms with van der Waals surface area (Å²) in [5, 5.41) is 21.4. The number of aliphatic hydroxyl groups is 1. The predicted molar refractivity (Wildman–Crippen MR) is 188 cm³/mol. The van der Waals surface area contributed by atoms with Crippen LogP contribution in [0.3, 0.4) is 0 Å². The molecule has 2 saturated heterocycles. The highest BCUT2D eigenvalue weighted by Crippen LogP contribution is 2.56. The molecule has 4 N–H and O–H groups in total. The van der Waals surface area contributed by atoms with Crippen LogP contribution in [0.1, 0.15) is 36.2 Å². The average molecular weight is 835 g/mol. The maximum absolute atomic E-state index is 16.2. The molecule has 21 nitrogen and oxygen atoms in total. The smallest absolute Gasteiger partial charge is 0.394 e. The number of aromatic nitrogens is 7. The van der Waals surface area contributed by atoms with Crippen LogP contribution in [0.25, 0.3) is 22.2 Å². The zero-order valence-corrected chi connectivity index (χ0v) is 31.2. The molecule has 0 radical (unpaired) electrons. The third-order valence-electron chi connectivity index (χ3n) is 9.21. The van der Waals surface area contributed by atoms with Gasteiger partial charge >= 0.3 is 16.1 Å². The number of phosphoric ester groups is 1. The van der Waals surface area contributed by atoms with Crippen LogP contribution in [-0.2, 0) is 36.7 Å². The standard InChI is InChI=1S/C32H31F2N9O12P2/c1-16-19(11-44)52-32(42-10-18(33)21-27(42)37-14-39-30(21)46)24(16)55-57(49,50-9-5-8-35)51-12-20-25(54-56(47)48)22(34)31(53-20)43-15-40-23-26(36-13-38-28(23)43)41-29(45)17-6-3-2-4-7-17/h2-4,6-7,10,13-16,19-20,22,24-25,31-32,44H,5,9,11-12H2,1H3,(H2-,36,37,38,39,41,45,46,47,48)/p+1/t16-,19-,20-,22-,24-,25-,31-,32-,57?/m1/s1. The minimum absolute atomic E-state index is 0.00582. The average Bonchev–Trinajstić information content (AvgIpc) is 3.94. The number of amides is 1. The van der Waals surface area contributed by atoms with E-state index in [2.05, 4.69) is 30.2 Å². The highest BCUT2D eigenvalue weighted by molar-refractivity contribution is 7.48. The molecule has 300 valence electrons. The number of hydrogen-bond acceptors (Lipinski definition) is 16. The number of carbonyl (C=O) groups is 1. The van der Waals surface area contributed by atoms with E-state index < -0.39 is 108 Å². The van der Waals surface area contributed by atoms with Crippen molar-refractivity contribution in [3.63, 3.8) is 0 Å². The number of rotatable bonds is 15. The van der Waals surface area contributed by atoms with Crippen molar-refractivity contribution in [2.45, 2.75) is 56.4 Å². The summed E-state index contributed by atoms with van der Waals surface area (Å²) in [4.78, 5) is 53.6. The van der Waals surface area contributed by atoms with Crippen molar-refractivity contribution >= 4 is 50.0 Å². The fraction of sp³-hybridized carbons (Fsp3) is 0.406. The number of H-pyrrole nitrogens is 1. The van der Waals surface area contributed by atoms with Gasteiger partial charge in [-0.05, 0) is 12.1 Å². The number of halogens is 2. The molecule has 1 aromatic carbocycles. The molecular formula is C32H32F2N9O12P2+. The van der Waals surface area contributed by atoms with E-state index in [-0.39, 0.29) is 29.0 Å². The molecule has 25 heteroatoms. The summed E-state index contributed by atoms with van der Waals surface area (Å²) in [6.45, 7) is -0.350. The number of anilines is 1. The number of nitrogens with zero attached hydrogens (tertiary/aromatic N) is 7. The topological polar surface area (TPSA) is 277 Å². The molecule has 5 aromatic rings.